The zero-order chi connectivity index (χ0) is 9.90. The summed E-state index contributed by atoms with van der Waals surface area (Å²) in [5.41, 5.74) is -0.472. The van der Waals surface area contributed by atoms with Gasteiger partial charge in [-0.25, -0.2) is 4.79 Å². The highest BCUT2D eigenvalue weighted by atomic mass is 35.5. The molecule has 0 unspecified atom stereocenters. The van der Waals surface area contributed by atoms with Crippen LogP contribution in [0.15, 0.2) is 0 Å². The van der Waals surface area contributed by atoms with Crippen molar-refractivity contribution in [1.29, 1.82) is 0 Å². The van der Waals surface area contributed by atoms with Crippen molar-refractivity contribution in [3.63, 3.8) is 0 Å². The predicted octanol–water partition coefficient (Wildman–Crippen LogP) is 2.02. The fourth-order valence-corrected chi connectivity index (χ4v) is 1.70. The van der Waals surface area contributed by atoms with Gasteiger partial charge in [0.15, 0.2) is 0 Å². The van der Waals surface area contributed by atoms with Gasteiger partial charge in [-0.3, -0.25) is 4.79 Å². The predicted molar refractivity (Wildman–Crippen MR) is 48.4 cm³/mol. The Morgan fingerprint density at radius 3 is 2.23 bits per heavy atom. The van der Waals surface area contributed by atoms with Gasteiger partial charge in [0.1, 0.15) is 5.60 Å². The summed E-state index contributed by atoms with van der Waals surface area (Å²) in [5.74, 6) is -0.925. The molecule has 1 aliphatic carbocycles. The third-order valence-electron chi connectivity index (χ3n) is 2.41. The van der Waals surface area contributed by atoms with Gasteiger partial charge >= 0.3 is 11.2 Å². The molecule has 3 nitrogen and oxygen atoms in total. The number of carbonyl (C=O) groups excluding carboxylic acids is 2. The third-order valence-corrected chi connectivity index (χ3v) is 2.57. The van der Waals surface area contributed by atoms with E-state index in [4.69, 9.17) is 16.3 Å². The first-order valence-corrected chi connectivity index (χ1v) is 4.84. The second-order valence-corrected chi connectivity index (χ2v) is 4.02. The molecule has 74 valence electrons. The first kappa shape index (κ1) is 10.5. The van der Waals surface area contributed by atoms with E-state index in [0.717, 1.165) is 25.7 Å². The Kier molecular flexibility index (Phi) is 3.31. The minimum atomic E-state index is -1.04. The van der Waals surface area contributed by atoms with E-state index >= 15 is 0 Å². The number of rotatable bonds is 2. The van der Waals surface area contributed by atoms with Crippen LogP contribution in [0.1, 0.15) is 39.0 Å². The average Bonchev–Trinajstić information content (AvgIpc) is 2.04. The molecule has 0 amide bonds. The summed E-state index contributed by atoms with van der Waals surface area (Å²) in [6.45, 7) is 1.85. The van der Waals surface area contributed by atoms with Crippen LogP contribution in [-0.4, -0.2) is 16.8 Å². The average molecular weight is 205 g/mol. The quantitative estimate of drug-likeness (QED) is 0.393. The summed E-state index contributed by atoms with van der Waals surface area (Å²) in [4.78, 5) is 21.4. The van der Waals surface area contributed by atoms with Crippen LogP contribution < -0.4 is 0 Å². The second-order valence-electron chi connectivity index (χ2n) is 3.67. The minimum absolute atomic E-state index is 0.472. The maximum atomic E-state index is 10.9. The van der Waals surface area contributed by atoms with E-state index in [2.05, 4.69) is 0 Å². The van der Waals surface area contributed by atoms with Gasteiger partial charge < -0.3 is 4.74 Å². The van der Waals surface area contributed by atoms with Crippen LogP contribution in [0.5, 0.6) is 0 Å². The zero-order valence-electron chi connectivity index (χ0n) is 7.64. The van der Waals surface area contributed by atoms with Crippen LogP contribution in [0.2, 0.25) is 0 Å². The monoisotopic (exact) mass is 204 g/mol. The van der Waals surface area contributed by atoms with Crippen LogP contribution in [0.25, 0.3) is 0 Å². The smallest absolute Gasteiger partial charge is 0.391 e. The lowest BCUT2D eigenvalue weighted by molar-refractivity contribution is -0.164. The SMILES string of the molecule is CC1(OC(=O)C(=O)Cl)CCCCC1. The van der Waals surface area contributed by atoms with E-state index < -0.39 is 16.8 Å². The lowest BCUT2D eigenvalue weighted by atomic mass is 9.86. The molecule has 1 saturated carbocycles. The molecule has 0 aromatic heterocycles. The van der Waals surface area contributed by atoms with E-state index in [1.807, 2.05) is 6.92 Å². The molecule has 1 rings (SSSR count). The fraction of sp³-hybridized carbons (Fsp3) is 0.778. The number of esters is 1. The largest absolute Gasteiger partial charge is 0.453 e. The van der Waals surface area contributed by atoms with Crippen LogP contribution >= 0.6 is 11.6 Å². The van der Waals surface area contributed by atoms with Gasteiger partial charge in [0, 0.05) is 0 Å². The summed E-state index contributed by atoms with van der Waals surface area (Å²) in [6, 6.07) is 0. The lowest BCUT2D eigenvalue weighted by Crippen LogP contribution is -2.35. The van der Waals surface area contributed by atoms with Gasteiger partial charge in [-0.05, 0) is 44.2 Å². The standard InChI is InChI=1S/C9H13ClO3/c1-9(5-3-2-4-6-9)13-8(12)7(10)11/h2-6H2,1H3. The van der Waals surface area contributed by atoms with E-state index in [0.29, 0.717) is 0 Å². The van der Waals surface area contributed by atoms with Gasteiger partial charge in [-0.2, -0.15) is 0 Å². The molecule has 1 aliphatic rings. The molecule has 0 heterocycles. The fourth-order valence-electron chi connectivity index (χ4n) is 1.67. The molecule has 1 fully saturated rings. The molecule has 0 atom stereocenters. The highest BCUT2D eigenvalue weighted by Crippen LogP contribution is 2.31. The second kappa shape index (κ2) is 4.09. The normalized spacial score (nSPS) is 20.8. The maximum Gasteiger partial charge on any atom is 0.391 e. The Labute approximate surface area is 82.4 Å². The van der Waals surface area contributed by atoms with Crippen molar-refractivity contribution in [2.75, 3.05) is 0 Å². The third kappa shape index (κ3) is 2.99. The molecule has 0 N–H and O–H groups in total. The van der Waals surface area contributed by atoms with Crippen LogP contribution in [0.4, 0.5) is 0 Å². The molecule has 0 spiro atoms. The van der Waals surface area contributed by atoms with Gasteiger partial charge in [0.25, 0.3) is 0 Å². The van der Waals surface area contributed by atoms with Gasteiger partial charge in [0.05, 0.1) is 0 Å². The Balaban J connectivity index is 2.50. The highest BCUT2D eigenvalue weighted by Gasteiger charge is 2.32. The molecule has 0 radical (unpaired) electrons. The Bertz CT molecular complexity index is 219. The Hall–Kier alpha value is -0.570. The van der Waals surface area contributed by atoms with Gasteiger partial charge in [-0.15, -0.1) is 0 Å². The van der Waals surface area contributed by atoms with Gasteiger partial charge in [0.2, 0.25) is 0 Å². The molecular weight excluding hydrogens is 192 g/mol. The molecule has 0 aromatic carbocycles. The molecule has 0 bridgehead atoms. The number of carbonyl (C=O) groups is 2. The van der Waals surface area contributed by atoms with E-state index in [-0.39, 0.29) is 0 Å². The van der Waals surface area contributed by atoms with Crippen LogP contribution in [0.3, 0.4) is 0 Å². The zero-order valence-corrected chi connectivity index (χ0v) is 8.39. The molecule has 0 aromatic rings. The van der Waals surface area contributed by atoms with Crippen molar-refractivity contribution < 1.29 is 14.3 Å². The number of hydrogen-bond acceptors (Lipinski definition) is 3. The molecule has 13 heavy (non-hydrogen) atoms. The summed E-state index contributed by atoms with van der Waals surface area (Å²) in [7, 11) is 0. The maximum absolute atomic E-state index is 10.9. The summed E-state index contributed by atoms with van der Waals surface area (Å²) in [6.07, 6.45) is 4.90. The Morgan fingerprint density at radius 1 is 1.23 bits per heavy atom. The van der Waals surface area contributed by atoms with Gasteiger partial charge in [-0.1, -0.05) is 6.42 Å². The number of hydrogen-bond donors (Lipinski definition) is 0. The molecule has 4 heteroatoms. The minimum Gasteiger partial charge on any atom is -0.453 e. The number of halogens is 1. The van der Waals surface area contributed by atoms with Crippen LogP contribution in [-0.2, 0) is 14.3 Å². The van der Waals surface area contributed by atoms with E-state index in [1.165, 1.54) is 6.42 Å². The lowest BCUT2D eigenvalue weighted by Gasteiger charge is -2.32. The highest BCUT2D eigenvalue weighted by molar-refractivity contribution is 6.80. The van der Waals surface area contributed by atoms with Crippen molar-refractivity contribution in [2.45, 2.75) is 44.6 Å². The topological polar surface area (TPSA) is 43.4 Å². The summed E-state index contributed by atoms with van der Waals surface area (Å²) >= 11 is 5.00. The first-order valence-electron chi connectivity index (χ1n) is 4.46. The number of ether oxygens (including phenoxy) is 1. The molecule has 0 saturated heterocycles. The van der Waals surface area contributed by atoms with Crippen molar-refractivity contribution in [3.8, 4) is 0 Å². The molecule has 0 aliphatic heterocycles. The van der Waals surface area contributed by atoms with E-state index in [1.54, 1.807) is 0 Å². The summed E-state index contributed by atoms with van der Waals surface area (Å²) in [5, 5.41) is -1.04. The van der Waals surface area contributed by atoms with Crippen LogP contribution in [0, 0.1) is 0 Å². The van der Waals surface area contributed by atoms with Crippen molar-refractivity contribution in [1.82, 2.24) is 0 Å². The van der Waals surface area contributed by atoms with Crippen molar-refractivity contribution in [3.05, 3.63) is 0 Å². The molecular formula is C9H13ClO3. The Morgan fingerprint density at radius 2 is 1.77 bits per heavy atom. The first-order chi connectivity index (χ1) is 6.03. The van der Waals surface area contributed by atoms with E-state index in [9.17, 15) is 9.59 Å². The summed E-state index contributed by atoms with van der Waals surface area (Å²) < 4.78 is 5.02. The van der Waals surface area contributed by atoms with Crippen molar-refractivity contribution >= 4 is 22.8 Å². The van der Waals surface area contributed by atoms with Crippen molar-refractivity contribution in [2.24, 2.45) is 0 Å².